The van der Waals surface area contributed by atoms with Gasteiger partial charge in [-0.2, -0.15) is 0 Å². The van der Waals surface area contributed by atoms with Crippen LogP contribution >= 0.6 is 12.4 Å². The standard InChI is InChI=1S/C17H17N.C4H9N.ClH/c1-14-12-18(13-14)17(15-8-4-2-5-9-15)16-10-6-3-7-11-16;1-4-2-5-3-4;/h2-11,17H,1,12-13H2;4-5H,2-3H2,1H3;1H. The summed E-state index contributed by atoms with van der Waals surface area (Å²) in [5, 5.41) is 3.16. The summed E-state index contributed by atoms with van der Waals surface area (Å²) >= 11 is 0. The quantitative estimate of drug-likeness (QED) is 0.837. The van der Waals surface area contributed by atoms with Gasteiger partial charge < -0.3 is 5.32 Å². The van der Waals surface area contributed by atoms with Gasteiger partial charge in [-0.1, -0.05) is 74.2 Å². The van der Waals surface area contributed by atoms with Gasteiger partial charge in [-0.05, 0) is 35.7 Å². The van der Waals surface area contributed by atoms with Crippen LogP contribution in [0.25, 0.3) is 0 Å². The second kappa shape index (κ2) is 9.03. The molecule has 2 nitrogen and oxygen atoms in total. The smallest absolute Gasteiger partial charge is 0.0607 e. The average Bonchev–Trinajstić information content (AvgIpc) is 2.54. The number of rotatable bonds is 3. The molecule has 0 saturated carbocycles. The third kappa shape index (κ3) is 4.70. The predicted molar refractivity (Wildman–Crippen MR) is 105 cm³/mol. The number of benzene rings is 2. The molecule has 2 heterocycles. The number of nitrogens with zero attached hydrogens (tertiary/aromatic N) is 1. The maximum atomic E-state index is 4.04. The molecule has 0 aliphatic carbocycles. The van der Waals surface area contributed by atoms with Crippen LogP contribution < -0.4 is 5.32 Å². The third-order valence-corrected chi connectivity index (χ3v) is 4.43. The molecule has 2 fully saturated rings. The number of hydrogen-bond donors (Lipinski definition) is 1. The Kier molecular flexibility index (Phi) is 7.04. The van der Waals surface area contributed by atoms with Crippen LogP contribution in [0.3, 0.4) is 0 Å². The van der Waals surface area contributed by atoms with Crippen molar-refractivity contribution in [2.24, 2.45) is 5.92 Å². The Morgan fingerprint density at radius 2 is 1.33 bits per heavy atom. The van der Waals surface area contributed by atoms with Crippen LogP contribution in [0.5, 0.6) is 0 Å². The highest BCUT2D eigenvalue weighted by molar-refractivity contribution is 5.85. The summed E-state index contributed by atoms with van der Waals surface area (Å²) in [5.74, 6) is 0.954. The van der Waals surface area contributed by atoms with Crippen molar-refractivity contribution in [3.63, 3.8) is 0 Å². The first-order chi connectivity index (χ1) is 11.2. The van der Waals surface area contributed by atoms with E-state index in [0.29, 0.717) is 6.04 Å². The van der Waals surface area contributed by atoms with Crippen molar-refractivity contribution in [3.8, 4) is 0 Å². The maximum Gasteiger partial charge on any atom is 0.0607 e. The fourth-order valence-electron chi connectivity index (χ4n) is 3.03. The molecule has 0 radical (unpaired) electrons. The minimum Gasteiger partial charge on any atom is -0.316 e. The second-order valence-electron chi connectivity index (χ2n) is 6.64. The van der Waals surface area contributed by atoms with Gasteiger partial charge in [0.05, 0.1) is 6.04 Å². The maximum absolute atomic E-state index is 4.04. The Hall–Kier alpha value is -1.61. The topological polar surface area (TPSA) is 15.3 Å². The lowest BCUT2D eigenvalue weighted by atomic mass is 9.93. The average molecular weight is 343 g/mol. The Morgan fingerprint density at radius 3 is 1.62 bits per heavy atom. The van der Waals surface area contributed by atoms with Gasteiger partial charge in [-0.3, -0.25) is 4.90 Å². The van der Waals surface area contributed by atoms with E-state index in [1.807, 2.05) is 0 Å². The molecule has 2 aliphatic rings. The van der Waals surface area contributed by atoms with E-state index in [2.05, 4.69) is 84.4 Å². The van der Waals surface area contributed by atoms with Crippen LogP contribution in [-0.4, -0.2) is 31.1 Å². The Bertz CT molecular complexity index is 575. The van der Waals surface area contributed by atoms with E-state index in [1.54, 1.807) is 0 Å². The molecule has 0 bridgehead atoms. The molecule has 0 amide bonds. The van der Waals surface area contributed by atoms with Gasteiger partial charge in [0.2, 0.25) is 0 Å². The fraction of sp³-hybridized carbons (Fsp3) is 0.333. The summed E-state index contributed by atoms with van der Waals surface area (Å²) in [4.78, 5) is 2.47. The van der Waals surface area contributed by atoms with Crippen LogP contribution in [0.2, 0.25) is 0 Å². The molecule has 1 N–H and O–H groups in total. The molecule has 24 heavy (non-hydrogen) atoms. The number of halogens is 1. The van der Waals surface area contributed by atoms with E-state index >= 15 is 0 Å². The molecule has 0 spiro atoms. The van der Waals surface area contributed by atoms with Crippen molar-refractivity contribution in [1.29, 1.82) is 0 Å². The largest absolute Gasteiger partial charge is 0.316 e. The van der Waals surface area contributed by atoms with Crippen molar-refractivity contribution in [3.05, 3.63) is 83.9 Å². The van der Waals surface area contributed by atoms with Crippen LogP contribution in [0, 0.1) is 5.92 Å². The molecule has 2 aromatic rings. The molecular weight excluding hydrogens is 316 g/mol. The second-order valence-corrected chi connectivity index (χ2v) is 6.64. The molecule has 4 rings (SSSR count). The van der Waals surface area contributed by atoms with Crippen LogP contribution in [0.4, 0.5) is 0 Å². The monoisotopic (exact) mass is 342 g/mol. The SMILES string of the molecule is C=C1CN(C(c2ccccc2)c2ccccc2)C1.CC1CNC1.Cl. The molecule has 0 unspecified atom stereocenters. The van der Waals surface area contributed by atoms with Crippen molar-refractivity contribution in [2.75, 3.05) is 26.2 Å². The zero-order valence-electron chi connectivity index (χ0n) is 14.3. The number of likely N-dealkylation sites (tertiary alicyclic amines) is 1. The predicted octanol–water partition coefficient (Wildman–Crippen LogP) is 4.30. The zero-order chi connectivity index (χ0) is 16.1. The molecule has 2 saturated heterocycles. The van der Waals surface area contributed by atoms with Gasteiger partial charge in [0.25, 0.3) is 0 Å². The van der Waals surface area contributed by atoms with Crippen molar-refractivity contribution >= 4 is 12.4 Å². The molecule has 0 atom stereocenters. The first-order valence-electron chi connectivity index (χ1n) is 8.45. The molecule has 0 aromatic heterocycles. The molecule has 2 aromatic carbocycles. The number of hydrogen-bond acceptors (Lipinski definition) is 2. The van der Waals surface area contributed by atoms with Gasteiger partial charge in [0.15, 0.2) is 0 Å². The summed E-state index contributed by atoms with van der Waals surface area (Å²) in [6, 6.07) is 21.8. The summed E-state index contributed by atoms with van der Waals surface area (Å²) in [6.07, 6.45) is 0. The highest BCUT2D eigenvalue weighted by Gasteiger charge is 2.28. The van der Waals surface area contributed by atoms with E-state index in [9.17, 15) is 0 Å². The zero-order valence-corrected chi connectivity index (χ0v) is 15.1. The summed E-state index contributed by atoms with van der Waals surface area (Å²) in [6.45, 7) is 10.8. The summed E-state index contributed by atoms with van der Waals surface area (Å²) in [7, 11) is 0. The van der Waals surface area contributed by atoms with E-state index < -0.39 is 0 Å². The van der Waals surface area contributed by atoms with Crippen LogP contribution in [-0.2, 0) is 0 Å². The minimum atomic E-state index is 0. The Balaban J connectivity index is 0.000000300. The molecular formula is C21H27ClN2. The molecule has 128 valence electrons. The van der Waals surface area contributed by atoms with E-state index in [4.69, 9.17) is 0 Å². The van der Waals surface area contributed by atoms with Gasteiger partial charge in [-0.25, -0.2) is 0 Å². The number of nitrogens with one attached hydrogen (secondary N) is 1. The normalized spacial score (nSPS) is 17.2. The lowest BCUT2D eigenvalue weighted by molar-refractivity contribution is 0.202. The first kappa shape index (κ1) is 18.7. The van der Waals surface area contributed by atoms with Gasteiger partial charge in [-0.15, -0.1) is 12.4 Å². The highest BCUT2D eigenvalue weighted by Crippen LogP contribution is 2.33. The third-order valence-electron chi connectivity index (χ3n) is 4.43. The van der Waals surface area contributed by atoms with Gasteiger partial charge in [0, 0.05) is 13.1 Å². The van der Waals surface area contributed by atoms with Crippen molar-refractivity contribution < 1.29 is 0 Å². The molecule has 3 heteroatoms. The minimum absolute atomic E-state index is 0. The van der Waals surface area contributed by atoms with E-state index in [0.717, 1.165) is 19.0 Å². The van der Waals surface area contributed by atoms with E-state index in [1.165, 1.54) is 29.8 Å². The van der Waals surface area contributed by atoms with Crippen LogP contribution in [0.15, 0.2) is 72.8 Å². The van der Waals surface area contributed by atoms with Gasteiger partial charge in [0.1, 0.15) is 0 Å². The first-order valence-corrected chi connectivity index (χ1v) is 8.45. The highest BCUT2D eigenvalue weighted by atomic mass is 35.5. The lowest BCUT2D eigenvalue weighted by Gasteiger charge is -2.40. The summed E-state index contributed by atoms with van der Waals surface area (Å²) < 4.78 is 0. The van der Waals surface area contributed by atoms with Crippen molar-refractivity contribution in [2.45, 2.75) is 13.0 Å². The Labute approximate surface area is 152 Å². The van der Waals surface area contributed by atoms with Gasteiger partial charge >= 0.3 is 0 Å². The summed E-state index contributed by atoms with van der Waals surface area (Å²) in [5.41, 5.74) is 4.04. The van der Waals surface area contributed by atoms with E-state index in [-0.39, 0.29) is 12.4 Å². The molecule has 2 aliphatic heterocycles. The lowest BCUT2D eigenvalue weighted by Crippen LogP contribution is -2.42. The van der Waals surface area contributed by atoms with Crippen LogP contribution in [0.1, 0.15) is 24.1 Å². The van der Waals surface area contributed by atoms with Crippen molar-refractivity contribution in [1.82, 2.24) is 10.2 Å². The Morgan fingerprint density at radius 1 is 0.917 bits per heavy atom. The fourth-order valence-corrected chi connectivity index (χ4v) is 3.03.